The quantitative estimate of drug-likeness (QED) is 0.917. The molecule has 0 aromatic heterocycles. The van der Waals surface area contributed by atoms with E-state index in [4.69, 9.17) is 11.6 Å². The average Bonchev–Trinajstić information content (AvgIpc) is 2.48. The molecule has 1 heterocycles. The van der Waals surface area contributed by atoms with Crippen LogP contribution in [0.15, 0.2) is 18.2 Å². The Labute approximate surface area is 125 Å². The average molecular weight is 296 g/mol. The maximum atomic E-state index is 12.3. The summed E-state index contributed by atoms with van der Waals surface area (Å²) < 4.78 is 0. The fourth-order valence-electron chi connectivity index (χ4n) is 2.27. The number of likely N-dealkylation sites (N-methyl/N-ethyl adjacent to an activating group) is 1. The Hall–Kier alpha value is -1.10. The highest BCUT2D eigenvalue weighted by Crippen LogP contribution is 2.17. The molecule has 110 valence electrons. The number of carbonyl (C=O) groups excluding carboxylic acids is 1. The molecule has 4 nitrogen and oxygen atoms in total. The predicted octanol–water partition coefficient (Wildman–Crippen LogP) is 1.63. The number of carbonyl (C=O) groups is 1. The van der Waals surface area contributed by atoms with Gasteiger partial charge in [0.2, 0.25) is 0 Å². The highest BCUT2D eigenvalue weighted by Gasteiger charge is 2.15. The maximum absolute atomic E-state index is 12.3. The largest absolute Gasteiger partial charge is 0.340 e. The van der Waals surface area contributed by atoms with E-state index in [1.165, 1.54) is 0 Å². The van der Waals surface area contributed by atoms with E-state index in [1.807, 2.05) is 26.1 Å². The van der Waals surface area contributed by atoms with E-state index in [0.29, 0.717) is 10.6 Å². The molecule has 0 radical (unpaired) electrons. The Bertz CT molecular complexity index is 472. The number of aryl methyl sites for hydroxylation is 1. The lowest BCUT2D eigenvalue weighted by atomic mass is 10.1. The number of nitrogens with one attached hydrogen (secondary N) is 1. The monoisotopic (exact) mass is 295 g/mol. The smallest absolute Gasteiger partial charge is 0.253 e. The van der Waals surface area contributed by atoms with Crippen molar-refractivity contribution in [3.05, 3.63) is 34.3 Å². The van der Waals surface area contributed by atoms with Crippen LogP contribution in [-0.4, -0.2) is 62.0 Å². The number of hydrogen-bond donors (Lipinski definition) is 1. The normalized spacial score (nSPS) is 16.1. The van der Waals surface area contributed by atoms with Crippen LogP contribution in [0.5, 0.6) is 0 Å². The van der Waals surface area contributed by atoms with Crippen molar-refractivity contribution in [2.45, 2.75) is 6.92 Å². The summed E-state index contributed by atoms with van der Waals surface area (Å²) in [4.78, 5) is 16.5. The molecule has 1 fully saturated rings. The molecule has 0 atom stereocenters. The molecule has 0 aliphatic carbocycles. The van der Waals surface area contributed by atoms with Crippen molar-refractivity contribution >= 4 is 17.5 Å². The van der Waals surface area contributed by atoms with Crippen LogP contribution in [0.4, 0.5) is 0 Å². The van der Waals surface area contributed by atoms with Gasteiger partial charge in [-0.2, -0.15) is 0 Å². The SMILES string of the molecule is Cc1ccc(C(=O)N(C)CCN2CCNCC2)cc1Cl. The van der Waals surface area contributed by atoms with E-state index < -0.39 is 0 Å². The zero-order chi connectivity index (χ0) is 14.5. The van der Waals surface area contributed by atoms with Gasteiger partial charge in [-0.15, -0.1) is 0 Å². The van der Waals surface area contributed by atoms with Gasteiger partial charge in [-0.3, -0.25) is 9.69 Å². The van der Waals surface area contributed by atoms with Crippen molar-refractivity contribution in [1.29, 1.82) is 0 Å². The number of nitrogens with zero attached hydrogens (tertiary/aromatic N) is 2. The highest BCUT2D eigenvalue weighted by atomic mass is 35.5. The van der Waals surface area contributed by atoms with Crippen molar-refractivity contribution in [3.63, 3.8) is 0 Å². The van der Waals surface area contributed by atoms with Gasteiger partial charge >= 0.3 is 0 Å². The van der Waals surface area contributed by atoms with Gasteiger partial charge in [0.05, 0.1) is 0 Å². The number of hydrogen-bond acceptors (Lipinski definition) is 3. The molecule has 1 aliphatic rings. The Morgan fingerprint density at radius 1 is 1.40 bits per heavy atom. The van der Waals surface area contributed by atoms with Gasteiger partial charge in [0.25, 0.3) is 5.91 Å². The molecule has 0 spiro atoms. The molecule has 0 bridgehead atoms. The number of rotatable bonds is 4. The van der Waals surface area contributed by atoms with Gasteiger partial charge in [0.15, 0.2) is 0 Å². The molecular weight excluding hydrogens is 274 g/mol. The molecule has 20 heavy (non-hydrogen) atoms. The summed E-state index contributed by atoms with van der Waals surface area (Å²) in [6.45, 7) is 7.77. The van der Waals surface area contributed by atoms with Crippen molar-refractivity contribution in [1.82, 2.24) is 15.1 Å². The molecule has 1 N–H and O–H groups in total. The third kappa shape index (κ3) is 3.95. The third-order valence-corrected chi connectivity index (χ3v) is 4.13. The second kappa shape index (κ2) is 7.07. The zero-order valence-electron chi connectivity index (χ0n) is 12.2. The van der Waals surface area contributed by atoms with Gasteiger partial charge in [0.1, 0.15) is 0 Å². The molecule has 1 saturated heterocycles. The van der Waals surface area contributed by atoms with Crippen LogP contribution >= 0.6 is 11.6 Å². The predicted molar refractivity (Wildman–Crippen MR) is 82.5 cm³/mol. The number of benzene rings is 1. The second-order valence-corrected chi connectivity index (χ2v) is 5.69. The molecule has 1 amide bonds. The van der Waals surface area contributed by atoms with Crippen molar-refractivity contribution in [3.8, 4) is 0 Å². The fraction of sp³-hybridized carbons (Fsp3) is 0.533. The molecule has 0 saturated carbocycles. The lowest BCUT2D eigenvalue weighted by Crippen LogP contribution is -2.46. The molecular formula is C15H22ClN3O. The van der Waals surface area contributed by atoms with Crippen LogP contribution in [0.2, 0.25) is 5.02 Å². The topological polar surface area (TPSA) is 35.6 Å². The molecule has 2 rings (SSSR count). The van der Waals surface area contributed by atoms with E-state index >= 15 is 0 Å². The Balaban J connectivity index is 1.89. The first-order valence-corrected chi connectivity index (χ1v) is 7.40. The maximum Gasteiger partial charge on any atom is 0.253 e. The summed E-state index contributed by atoms with van der Waals surface area (Å²) in [6.07, 6.45) is 0. The van der Waals surface area contributed by atoms with Crippen molar-refractivity contribution in [2.75, 3.05) is 46.3 Å². The minimum Gasteiger partial charge on any atom is -0.340 e. The van der Waals surface area contributed by atoms with Gasteiger partial charge in [0, 0.05) is 56.9 Å². The summed E-state index contributed by atoms with van der Waals surface area (Å²) in [5, 5.41) is 3.97. The molecule has 1 aromatic rings. The van der Waals surface area contributed by atoms with Gasteiger partial charge in [-0.1, -0.05) is 17.7 Å². The Morgan fingerprint density at radius 3 is 2.75 bits per heavy atom. The van der Waals surface area contributed by atoms with E-state index in [1.54, 1.807) is 11.0 Å². The number of halogens is 1. The first-order valence-electron chi connectivity index (χ1n) is 7.02. The summed E-state index contributed by atoms with van der Waals surface area (Å²) >= 11 is 6.08. The third-order valence-electron chi connectivity index (χ3n) is 3.73. The van der Waals surface area contributed by atoms with Gasteiger partial charge < -0.3 is 10.2 Å². The van der Waals surface area contributed by atoms with Crippen molar-refractivity contribution in [2.24, 2.45) is 0 Å². The first-order chi connectivity index (χ1) is 9.58. The summed E-state index contributed by atoms with van der Waals surface area (Å²) in [5.41, 5.74) is 1.65. The van der Waals surface area contributed by atoms with Crippen LogP contribution in [-0.2, 0) is 0 Å². The Morgan fingerprint density at radius 2 is 2.10 bits per heavy atom. The van der Waals surface area contributed by atoms with Gasteiger partial charge in [-0.05, 0) is 24.6 Å². The van der Waals surface area contributed by atoms with E-state index in [-0.39, 0.29) is 5.91 Å². The van der Waals surface area contributed by atoms with Crippen LogP contribution in [0.25, 0.3) is 0 Å². The highest BCUT2D eigenvalue weighted by molar-refractivity contribution is 6.31. The summed E-state index contributed by atoms with van der Waals surface area (Å²) in [5.74, 6) is 0.0297. The lowest BCUT2D eigenvalue weighted by Gasteiger charge is -2.29. The Kier molecular flexibility index (Phi) is 5.40. The molecule has 5 heteroatoms. The second-order valence-electron chi connectivity index (χ2n) is 5.28. The van der Waals surface area contributed by atoms with Crippen LogP contribution in [0.1, 0.15) is 15.9 Å². The summed E-state index contributed by atoms with van der Waals surface area (Å²) in [7, 11) is 1.85. The summed E-state index contributed by atoms with van der Waals surface area (Å²) in [6, 6.07) is 5.48. The molecule has 0 unspecified atom stereocenters. The fourth-order valence-corrected chi connectivity index (χ4v) is 2.45. The zero-order valence-corrected chi connectivity index (χ0v) is 12.9. The molecule has 1 aromatic carbocycles. The van der Waals surface area contributed by atoms with E-state index in [0.717, 1.165) is 44.8 Å². The first kappa shape index (κ1) is 15.3. The van der Waals surface area contributed by atoms with E-state index in [2.05, 4.69) is 10.2 Å². The standard InChI is InChI=1S/C15H22ClN3O/c1-12-3-4-13(11-14(12)16)15(20)18(2)9-10-19-7-5-17-6-8-19/h3-4,11,17H,5-10H2,1-2H3. The van der Waals surface area contributed by atoms with Gasteiger partial charge in [-0.25, -0.2) is 0 Å². The lowest BCUT2D eigenvalue weighted by molar-refractivity contribution is 0.0775. The minimum absolute atomic E-state index is 0.0297. The number of amides is 1. The van der Waals surface area contributed by atoms with Crippen LogP contribution < -0.4 is 5.32 Å². The minimum atomic E-state index is 0.0297. The van der Waals surface area contributed by atoms with E-state index in [9.17, 15) is 4.79 Å². The van der Waals surface area contributed by atoms with Crippen LogP contribution in [0, 0.1) is 6.92 Å². The van der Waals surface area contributed by atoms with Crippen LogP contribution in [0.3, 0.4) is 0 Å². The molecule has 1 aliphatic heterocycles. The number of piperazine rings is 1. The van der Waals surface area contributed by atoms with Crippen molar-refractivity contribution < 1.29 is 4.79 Å².